The third-order valence-electron chi connectivity index (χ3n) is 3.77. The van der Waals surface area contributed by atoms with E-state index in [0.29, 0.717) is 6.04 Å². The molecule has 106 valence electrons. The van der Waals surface area contributed by atoms with E-state index in [9.17, 15) is 5.11 Å². The molecule has 0 radical (unpaired) electrons. The van der Waals surface area contributed by atoms with E-state index in [1.165, 1.54) is 0 Å². The monoisotopic (exact) mass is 327 g/mol. The molecule has 2 unspecified atom stereocenters. The van der Waals surface area contributed by atoms with Crippen molar-refractivity contribution in [3.05, 3.63) is 34.3 Å². The van der Waals surface area contributed by atoms with Gasteiger partial charge in [0.05, 0.1) is 19.3 Å². The highest BCUT2D eigenvalue weighted by Crippen LogP contribution is 2.21. The zero-order valence-corrected chi connectivity index (χ0v) is 13.0. The maximum Gasteiger partial charge on any atom is 0.0802 e. The van der Waals surface area contributed by atoms with Crippen LogP contribution in [0.3, 0.4) is 0 Å². The Morgan fingerprint density at radius 2 is 2.16 bits per heavy atom. The van der Waals surface area contributed by atoms with Crippen molar-refractivity contribution in [2.24, 2.45) is 0 Å². The van der Waals surface area contributed by atoms with Gasteiger partial charge in [0, 0.05) is 23.6 Å². The average molecular weight is 328 g/mol. The minimum atomic E-state index is -0.381. The second-order valence-electron chi connectivity index (χ2n) is 5.03. The SMILES string of the molecule is CCC1COCCN1CCC(O)c1ccc(Br)cc1. The summed E-state index contributed by atoms with van der Waals surface area (Å²) in [5, 5.41) is 10.2. The summed E-state index contributed by atoms with van der Waals surface area (Å²) < 4.78 is 6.54. The molecule has 1 aromatic rings. The molecule has 1 N–H and O–H groups in total. The van der Waals surface area contributed by atoms with Crippen molar-refractivity contribution in [3.63, 3.8) is 0 Å². The van der Waals surface area contributed by atoms with Crippen molar-refractivity contribution >= 4 is 15.9 Å². The van der Waals surface area contributed by atoms with Crippen molar-refractivity contribution < 1.29 is 9.84 Å². The third kappa shape index (κ3) is 4.28. The smallest absolute Gasteiger partial charge is 0.0802 e. The van der Waals surface area contributed by atoms with Crippen LogP contribution in [0, 0.1) is 0 Å². The Morgan fingerprint density at radius 1 is 1.42 bits per heavy atom. The van der Waals surface area contributed by atoms with Gasteiger partial charge in [-0.2, -0.15) is 0 Å². The molecule has 0 amide bonds. The number of hydrogen-bond acceptors (Lipinski definition) is 3. The Labute approximate surface area is 123 Å². The fourth-order valence-electron chi connectivity index (χ4n) is 2.50. The highest BCUT2D eigenvalue weighted by Gasteiger charge is 2.21. The lowest BCUT2D eigenvalue weighted by molar-refractivity contribution is -0.0143. The van der Waals surface area contributed by atoms with Crippen LogP contribution in [0.4, 0.5) is 0 Å². The molecule has 0 spiro atoms. The summed E-state index contributed by atoms with van der Waals surface area (Å²) in [6.07, 6.45) is 1.50. The molecule has 4 heteroatoms. The Balaban J connectivity index is 1.85. The van der Waals surface area contributed by atoms with Crippen LogP contribution < -0.4 is 0 Å². The van der Waals surface area contributed by atoms with Gasteiger partial charge in [0.2, 0.25) is 0 Å². The van der Waals surface area contributed by atoms with Gasteiger partial charge in [0.1, 0.15) is 0 Å². The van der Waals surface area contributed by atoms with Crippen molar-refractivity contribution in [2.75, 3.05) is 26.3 Å². The Kier molecular flexibility index (Phi) is 5.82. The van der Waals surface area contributed by atoms with Gasteiger partial charge in [-0.3, -0.25) is 4.90 Å². The molecule has 1 aliphatic heterocycles. The Bertz CT molecular complexity index is 382. The van der Waals surface area contributed by atoms with Crippen molar-refractivity contribution in [1.82, 2.24) is 4.90 Å². The van der Waals surface area contributed by atoms with Crippen LogP contribution in [-0.4, -0.2) is 42.4 Å². The van der Waals surface area contributed by atoms with Gasteiger partial charge >= 0.3 is 0 Å². The largest absolute Gasteiger partial charge is 0.388 e. The summed E-state index contributed by atoms with van der Waals surface area (Å²) in [7, 11) is 0. The number of ether oxygens (including phenoxy) is 1. The fourth-order valence-corrected chi connectivity index (χ4v) is 2.76. The van der Waals surface area contributed by atoms with Crippen LogP contribution in [0.2, 0.25) is 0 Å². The van der Waals surface area contributed by atoms with E-state index in [1.54, 1.807) is 0 Å². The van der Waals surface area contributed by atoms with Gasteiger partial charge < -0.3 is 9.84 Å². The number of hydrogen-bond donors (Lipinski definition) is 1. The summed E-state index contributed by atoms with van der Waals surface area (Å²) in [6.45, 7) is 5.73. The molecule has 0 aromatic heterocycles. The highest BCUT2D eigenvalue weighted by atomic mass is 79.9. The number of morpholine rings is 1. The van der Waals surface area contributed by atoms with Crippen LogP contribution in [0.25, 0.3) is 0 Å². The zero-order chi connectivity index (χ0) is 13.7. The molecule has 1 aliphatic rings. The predicted molar refractivity (Wildman–Crippen MR) is 80.2 cm³/mol. The first-order valence-electron chi connectivity index (χ1n) is 6.96. The number of rotatable bonds is 5. The summed E-state index contributed by atoms with van der Waals surface area (Å²) in [6, 6.07) is 8.41. The molecule has 2 atom stereocenters. The molecule has 1 aromatic carbocycles. The first kappa shape index (κ1) is 15.0. The number of aliphatic hydroxyl groups excluding tert-OH is 1. The maximum absolute atomic E-state index is 10.2. The van der Waals surface area contributed by atoms with Gasteiger partial charge in [0.15, 0.2) is 0 Å². The van der Waals surface area contributed by atoms with Crippen molar-refractivity contribution in [2.45, 2.75) is 31.9 Å². The first-order chi connectivity index (χ1) is 9.20. The molecule has 3 nitrogen and oxygen atoms in total. The van der Waals surface area contributed by atoms with E-state index in [0.717, 1.165) is 49.2 Å². The third-order valence-corrected chi connectivity index (χ3v) is 4.29. The molecular weight excluding hydrogens is 306 g/mol. The lowest BCUT2D eigenvalue weighted by atomic mass is 10.1. The van der Waals surface area contributed by atoms with Gasteiger partial charge in [-0.1, -0.05) is 35.0 Å². The molecule has 19 heavy (non-hydrogen) atoms. The summed E-state index contributed by atoms with van der Waals surface area (Å²) >= 11 is 3.41. The molecule has 0 bridgehead atoms. The molecule has 0 aliphatic carbocycles. The molecule has 1 fully saturated rings. The molecule has 0 saturated carbocycles. The summed E-state index contributed by atoms with van der Waals surface area (Å²) in [5.41, 5.74) is 0.990. The van der Waals surface area contributed by atoms with Gasteiger partial charge in [-0.15, -0.1) is 0 Å². The van der Waals surface area contributed by atoms with E-state index in [1.807, 2.05) is 24.3 Å². The zero-order valence-electron chi connectivity index (χ0n) is 11.4. The Hall–Kier alpha value is -0.420. The van der Waals surface area contributed by atoms with E-state index >= 15 is 0 Å². The fraction of sp³-hybridized carbons (Fsp3) is 0.600. The van der Waals surface area contributed by atoms with E-state index in [2.05, 4.69) is 27.8 Å². The summed E-state index contributed by atoms with van der Waals surface area (Å²) in [4.78, 5) is 2.44. The second-order valence-corrected chi connectivity index (χ2v) is 5.94. The maximum atomic E-state index is 10.2. The molecule has 1 saturated heterocycles. The second kappa shape index (κ2) is 7.39. The first-order valence-corrected chi connectivity index (χ1v) is 7.75. The van der Waals surface area contributed by atoms with Gasteiger partial charge in [-0.25, -0.2) is 0 Å². The van der Waals surface area contributed by atoms with Crippen LogP contribution in [0.5, 0.6) is 0 Å². The van der Waals surface area contributed by atoms with Crippen LogP contribution in [0.15, 0.2) is 28.7 Å². The lowest BCUT2D eigenvalue weighted by Gasteiger charge is -2.35. The molecule has 1 heterocycles. The molecule has 2 rings (SSSR count). The van der Waals surface area contributed by atoms with E-state index in [-0.39, 0.29) is 6.10 Å². The molecular formula is C15H22BrNO2. The topological polar surface area (TPSA) is 32.7 Å². The number of nitrogens with zero attached hydrogens (tertiary/aromatic N) is 1. The van der Waals surface area contributed by atoms with Crippen molar-refractivity contribution in [1.29, 1.82) is 0 Å². The van der Waals surface area contributed by atoms with E-state index in [4.69, 9.17) is 4.74 Å². The quantitative estimate of drug-likeness (QED) is 0.902. The number of aliphatic hydroxyl groups is 1. The van der Waals surface area contributed by atoms with Gasteiger partial charge in [-0.05, 0) is 30.5 Å². The normalized spacial score (nSPS) is 22.4. The predicted octanol–water partition coefficient (Wildman–Crippen LogP) is 2.98. The van der Waals surface area contributed by atoms with Crippen LogP contribution in [-0.2, 0) is 4.74 Å². The number of halogens is 1. The van der Waals surface area contributed by atoms with Crippen molar-refractivity contribution in [3.8, 4) is 0 Å². The standard InChI is InChI=1S/C15H22BrNO2/c1-2-14-11-19-10-9-17(14)8-7-15(18)12-3-5-13(16)6-4-12/h3-6,14-15,18H,2,7-11H2,1H3. The van der Waals surface area contributed by atoms with Gasteiger partial charge in [0.25, 0.3) is 0 Å². The van der Waals surface area contributed by atoms with E-state index < -0.39 is 0 Å². The Morgan fingerprint density at radius 3 is 2.84 bits per heavy atom. The minimum absolute atomic E-state index is 0.381. The lowest BCUT2D eigenvalue weighted by Crippen LogP contribution is -2.45. The summed E-state index contributed by atoms with van der Waals surface area (Å²) in [5.74, 6) is 0. The average Bonchev–Trinajstić information content (AvgIpc) is 2.45. The van der Waals surface area contributed by atoms with Crippen LogP contribution >= 0.6 is 15.9 Å². The minimum Gasteiger partial charge on any atom is -0.388 e. The van der Waals surface area contributed by atoms with Crippen LogP contribution in [0.1, 0.15) is 31.4 Å². The highest BCUT2D eigenvalue weighted by molar-refractivity contribution is 9.10. The number of benzene rings is 1.